The zero-order chi connectivity index (χ0) is 16.4. The number of nitrogens with zero attached hydrogens (tertiary/aromatic N) is 4. The van der Waals surface area contributed by atoms with Gasteiger partial charge in [0.1, 0.15) is 5.01 Å². The molecule has 0 unspecified atom stereocenters. The summed E-state index contributed by atoms with van der Waals surface area (Å²) in [6, 6.07) is 6.82. The first kappa shape index (κ1) is 16.2. The molecule has 1 saturated heterocycles. The van der Waals surface area contributed by atoms with Gasteiger partial charge in [-0.15, -0.1) is 5.10 Å². The van der Waals surface area contributed by atoms with Crippen LogP contribution in [0.1, 0.15) is 19.3 Å². The minimum Gasteiger partial charge on any atom is -0.294 e. The lowest BCUT2D eigenvalue weighted by Gasteiger charge is -2.22. The van der Waals surface area contributed by atoms with Crippen molar-refractivity contribution in [3.63, 3.8) is 0 Å². The van der Waals surface area contributed by atoms with Crippen LogP contribution in [0.2, 0.25) is 0 Å². The van der Waals surface area contributed by atoms with Crippen LogP contribution in [-0.2, 0) is 16.9 Å². The third-order valence-corrected chi connectivity index (χ3v) is 5.96. The molecule has 1 aromatic carbocycles. The lowest BCUT2D eigenvalue weighted by molar-refractivity contribution is 0.229. The summed E-state index contributed by atoms with van der Waals surface area (Å²) in [6.07, 6.45) is 4.86. The summed E-state index contributed by atoms with van der Waals surface area (Å²) in [5.41, 5.74) is 0.901. The van der Waals surface area contributed by atoms with Crippen LogP contribution in [0.3, 0.4) is 0 Å². The summed E-state index contributed by atoms with van der Waals surface area (Å²) >= 11 is 1.51. The molecule has 23 heavy (non-hydrogen) atoms. The molecule has 1 aromatic heterocycles. The van der Waals surface area contributed by atoms with E-state index in [2.05, 4.69) is 15.2 Å². The van der Waals surface area contributed by atoms with Gasteiger partial charge in [0, 0.05) is 32.0 Å². The van der Waals surface area contributed by atoms with Gasteiger partial charge in [0.25, 0.3) is 0 Å². The lowest BCUT2D eigenvalue weighted by atomic mass is 10.2. The van der Waals surface area contributed by atoms with Crippen LogP contribution in [-0.4, -0.2) is 42.6 Å². The number of piperidine rings is 1. The normalized spacial score (nSPS) is 16.8. The van der Waals surface area contributed by atoms with Crippen molar-refractivity contribution in [2.75, 3.05) is 19.3 Å². The average Bonchev–Trinajstić information content (AvgIpc) is 2.89. The standard InChI is InChI=1S/C15H20N4O2S2/c1-18-15(17-19-10-4-3-5-11-19)22-14(16-18)12-6-8-13(9-7-12)23(2,20)21/h6-9H,3-5,10-11H2,1-2H3. The first-order chi connectivity index (χ1) is 10.9. The largest absolute Gasteiger partial charge is 0.294 e. The Balaban J connectivity index is 1.89. The number of sulfone groups is 1. The van der Waals surface area contributed by atoms with Gasteiger partial charge < -0.3 is 0 Å². The van der Waals surface area contributed by atoms with Gasteiger partial charge >= 0.3 is 0 Å². The fraction of sp³-hybridized carbons (Fsp3) is 0.467. The molecule has 1 aliphatic rings. The van der Waals surface area contributed by atoms with Crippen LogP contribution < -0.4 is 4.80 Å². The smallest absolute Gasteiger partial charge is 0.226 e. The van der Waals surface area contributed by atoms with E-state index in [1.165, 1.54) is 36.9 Å². The van der Waals surface area contributed by atoms with Crippen molar-refractivity contribution in [1.29, 1.82) is 0 Å². The highest BCUT2D eigenvalue weighted by Crippen LogP contribution is 2.21. The lowest BCUT2D eigenvalue weighted by Crippen LogP contribution is -2.28. The van der Waals surface area contributed by atoms with E-state index in [1.54, 1.807) is 28.9 Å². The fourth-order valence-electron chi connectivity index (χ4n) is 2.50. The van der Waals surface area contributed by atoms with E-state index >= 15 is 0 Å². The van der Waals surface area contributed by atoms with Crippen molar-refractivity contribution < 1.29 is 8.42 Å². The van der Waals surface area contributed by atoms with Crippen LogP contribution in [0.15, 0.2) is 34.3 Å². The van der Waals surface area contributed by atoms with Gasteiger partial charge in [0.2, 0.25) is 4.80 Å². The van der Waals surface area contributed by atoms with Crippen LogP contribution in [0.5, 0.6) is 0 Å². The molecule has 0 aliphatic carbocycles. The van der Waals surface area contributed by atoms with Crippen LogP contribution >= 0.6 is 11.3 Å². The first-order valence-corrected chi connectivity index (χ1v) is 10.3. The summed E-state index contributed by atoms with van der Waals surface area (Å²) in [6.45, 7) is 1.99. The van der Waals surface area contributed by atoms with E-state index in [1.807, 2.05) is 7.05 Å². The average molecular weight is 352 g/mol. The fourth-order valence-corrected chi connectivity index (χ4v) is 4.05. The Kier molecular flexibility index (Phi) is 4.54. The van der Waals surface area contributed by atoms with Gasteiger partial charge in [-0.3, -0.25) is 5.01 Å². The number of hydrogen-bond donors (Lipinski definition) is 0. The molecule has 0 spiro atoms. The van der Waals surface area contributed by atoms with Crippen LogP contribution in [0.25, 0.3) is 10.6 Å². The van der Waals surface area contributed by atoms with Gasteiger partial charge in [-0.25, -0.2) is 13.1 Å². The Morgan fingerprint density at radius 3 is 2.39 bits per heavy atom. The summed E-state index contributed by atoms with van der Waals surface area (Å²) in [7, 11) is -1.29. The van der Waals surface area contributed by atoms with Gasteiger partial charge in [-0.05, 0) is 31.4 Å². The van der Waals surface area contributed by atoms with E-state index in [0.29, 0.717) is 4.90 Å². The monoisotopic (exact) mass is 352 g/mol. The number of benzene rings is 1. The molecule has 8 heteroatoms. The zero-order valence-corrected chi connectivity index (χ0v) is 14.9. The highest BCUT2D eigenvalue weighted by molar-refractivity contribution is 7.90. The third-order valence-electron chi connectivity index (χ3n) is 3.79. The summed E-state index contributed by atoms with van der Waals surface area (Å²) in [5.74, 6) is 0. The molecule has 0 radical (unpaired) electrons. The molecule has 0 bridgehead atoms. The maximum Gasteiger partial charge on any atom is 0.226 e. The summed E-state index contributed by atoms with van der Waals surface area (Å²) < 4.78 is 24.8. The Bertz CT molecular complexity index is 844. The van der Waals surface area contributed by atoms with E-state index < -0.39 is 9.84 Å². The molecule has 2 heterocycles. The van der Waals surface area contributed by atoms with Crippen molar-refractivity contribution in [2.45, 2.75) is 24.2 Å². The molecule has 3 rings (SSSR count). The second-order valence-electron chi connectivity index (χ2n) is 5.72. The first-order valence-electron chi connectivity index (χ1n) is 7.58. The molecule has 6 nitrogen and oxygen atoms in total. The molecule has 0 N–H and O–H groups in total. The van der Waals surface area contributed by atoms with Crippen molar-refractivity contribution in [1.82, 2.24) is 14.8 Å². The molecule has 1 fully saturated rings. The molecule has 2 aromatic rings. The van der Waals surface area contributed by atoms with Crippen LogP contribution in [0.4, 0.5) is 0 Å². The van der Waals surface area contributed by atoms with Crippen molar-refractivity contribution in [2.24, 2.45) is 12.1 Å². The van der Waals surface area contributed by atoms with Gasteiger partial charge in [-0.1, -0.05) is 23.5 Å². The van der Waals surface area contributed by atoms with Gasteiger partial charge in [0.15, 0.2) is 9.84 Å². The molecule has 0 saturated carbocycles. The van der Waals surface area contributed by atoms with Crippen molar-refractivity contribution in [3.05, 3.63) is 29.1 Å². The Labute approximate surface area is 140 Å². The van der Waals surface area contributed by atoms with Gasteiger partial charge in [-0.2, -0.15) is 5.10 Å². The highest BCUT2D eigenvalue weighted by atomic mass is 32.2. The number of aryl methyl sites for hydroxylation is 1. The van der Waals surface area contributed by atoms with Crippen LogP contribution in [0, 0.1) is 0 Å². The summed E-state index contributed by atoms with van der Waals surface area (Å²) in [5, 5.41) is 12.1. The minimum absolute atomic E-state index is 0.320. The highest BCUT2D eigenvalue weighted by Gasteiger charge is 2.11. The molecule has 124 valence electrons. The van der Waals surface area contributed by atoms with E-state index in [4.69, 9.17) is 0 Å². The van der Waals surface area contributed by atoms with Gasteiger partial charge in [0.05, 0.1) is 4.90 Å². The molecular formula is C15H20N4O2S2. The number of aromatic nitrogens is 2. The van der Waals surface area contributed by atoms with E-state index in [-0.39, 0.29) is 0 Å². The number of hydrogen-bond acceptors (Lipinski definition) is 6. The van der Waals surface area contributed by atoms with E-state index in [0.717, 1.165) is 28.5 Å². The van der Waals surface area contributed by atoms with Crippen molar-refractivity contribution in [3.8, 4) is 10.6 Å². The Hall–Kier alpha value is -1.67. The third kappa shape index (κ3) is 3.81. The van der Waals surface area contributed by atoms with Crippen molar-refractivity contribution >= 4 is 21.2 Å². The summed E-state index contributed by atoms with van der Waals surface area (Å²) in [4.78, 5) is 1.18. The predicted molar refractivity (Wildman–Crippen MR) is 90.6 cm³/mol. The minimum atomic E-state index is -3.17. The topological polar surface area (TPSA) is 67.6 Å². The molecule has 0 atom stereocenters. The maximum atomic E-state index is 11.5. The predicted octanol–water partition coefficient (Wildman–Crippen LogP) is 1.85. The maximum absolute atomic E-state index is 11.5. The molecule has 1 aliphatic heterocycles. The zero-order valence-electron chi connectivity index (χ0n) is 13.3. The second-order valence-corrected chi connectivity index (χ2v) is 8.70. The SMILES string of the molecule is Cn1nc(-c2ccc(S(C)(=O)=O)cc2)sc1=NN1CCCCC1. The van der Waals surface area contributed by atoms with E-state index in [9.17, 15) is 8.42 Å². The molecule has 0 amide bonds. The Morgan fingerprint density at radius 1 is 1.13 bits per heavy atom. The number of rotatable bonds is 3. The second kappa shape index (κ2) is 6.45. The molecular weight excluding hydrogens is 332 g/mol. The quantitative estimate of drug-likeness (QED) is 0.845. The Morgan fingerprint density at radius 2 is 1.78 bits per heavy atom.